The van der Waals surface area contributed by atoms with Crippen LogP contribution >= 0.6 is 0 Å². The number of ether oxygens (including phenoxy) is 2. The monoisotopic (exact) mass is 356 g/mol. The Bertz CT molecular complexity index is 714. The molecule has 0 saturated heterocycles. The summed E-state index contributed by atoms with van der Waals surface area (Å²) in [5.74, 6) is -1.78. The predicted molar refractivity (Wildman–Crippen MR) is 93.6 cm³/mol. The van der Waals surface area contributed by atoms with Crippen LogP contribution in [0.5, 0.6) is 0 Å². The van der Waals surface area contributed by atoms with Crippen LogP contribution in [0.15, 0.2) is 60.7 Å². The fourth-order valence-corrected chi connectivity index (χ4v) is 2.25. The predicted octanol–water partition coefficient (Wildman–Crippen LogP) is 2.27. The number of hydrogen-bond acceptors (Lipinski definition) is 6. The van der Waals surface area contributed by atoms with E-state index in [1.54, 1.807) is 60.7 Å². The van der Waals surface area contributed by atoms with Gasteiger partial charge in [-0.1, -0.05) is 36.4 Å². The molecule has 0 aliphatic rings. The smallest absolute Gasteiger partial charge is 0.338 e. The molecule has 0 amide bonds. The molecule has 0 radical (unpaired) electrons. The Labute approximate surface area is 151 Å². The van der Waals surface area contributed by atoms with E-state index in [1.165, 1.54) is 0 Å². The molecule has 2 atom stereocenters. The third-order valence-electron chi connectivity index (χ3n) is 3.78. The lowest BCUT2D eigenvalue weighted by molar-refractivity contribution is -0.110. The molecule has 1 N–H and O–H groups in total. The van der Waals surface area contributed by atoms with Crippen LogP contribution in [0.25, 0.3) is 0 Å². The first-order chi connectivity index (χ1) is 12.6. The fraction of sp³-hybridized carbons (Fsp3) is 0.250. The Hall–Kier alpha value is -2.99. The maximum Gasteiger partial charge on any atom is 0.338 e. The lowest BCUT2D eigenvalue weighted by atomic mass is 10.0. The van der Waals surface area contributed by atoms with Crippen molar-refractivity contribution in [3.8, 4) is 0 Å². The molecule has 0 unspecified atom stereocenters. The minimum atomic E-state index is -1.13. The zero-order chi connectivity index (χ0) is 18.8. The second kappa shape index (κ2) is 10.1. The highest BCUT2D eigenvalue weighted by molar-refractivity contribution is 5.89. The molecule has 6 nitrogen and oxygen atoms in total. The Morgan fingerprint density at radius 1 is 0.846 bits per heavy atom. The van der Waals surface area contributed by atoms with Crippen LogP contribution in [-0.2, 0) is 14.3 Å². The quantitative estimate of drug-likeness (QED) is 0.548. The van der Waals surface area contributed by atoms with Crippen LogP contribution in [0, 0.1) is 5.92 Å². The normalized spacial score (nSPS) is 12.7. The molecule has 2 rings (SSSR count). The van der Waals surface area contributed by atoms with Crippen LogP contribution in [0.3, 0.4) is 0 Å². The van der Waals surface area contributed by atoms with Crippen LogP contribution in [-0.4, -0.2) is 42.6 Å². The van der Waals surface area contributed by atoms with E-state index in [2.05, 4.69) is 0 Å². The number of esters is 2. The molecule has 0 spiro atoms. The average molecular weight is 356 g/mol. The van der Waals surface area contributed by atoms with Crippen molar-refractivity contribution in [1.82, 2.24) is 0 Å². The van der Waals surface area contributed by atoms with Crippen LogP contribution in [0.2, 0.25) is 0 Å². The van der Waals surface area contributed by atoms with E-state index in [0.29, 0.717) is 17.4 Å². The van der Waals surface area contributed by atoms with Crippen molar-refractivity contribution in [2.45, 2.75) is 12.5 Å². The summed E-state index contributed by atoms with van der Waals surface area (Å²) in [6, 6.07) is 16.8. The summed E-state index contributed by atoms with van der Waals surface area (Å²) in [6.45, 7) is -0.453. The zero-order valence-electron chi connectivity index (χ0n) is 14.1. The van der Waals surface area contributed by atoms with Gasteiger partial charge >= 0.3 is 11.9 Å². The highest BCUT2D eigenvalue weighted by Crippen LogP contribution is 2.12. The molecule has 136 valence electrons. The zero-order valence-corrected chi connectivity index (χ0v) is 14.1. The van der Waals surface area contributed by atoms with E-state index in [0.717, 1.165) is 0 Å². The van der Waals surface area contributed by atoms with Crippen molar-refractivity contribution in [2.24, 2.45) is 5.92 Å². The summed E-state index contributed by atoms with van der Waals surface area (Å²) in [5.41, 5.74) is 0.740. The number of carbonyl (C=O) groups is 3. The van der Waals surface area contributed by atoms with Gasteiger partial charge in [-0.05, 0) is 24.3 Å². The first kappa shape index (κ1) is 19.3. The van der Waals surface area contributed by atoms with Gasteiger partial charge in [-0.2, -0.15) is 0 Å². The van der Waals surface area contributed by atoms with Crippen molar-refractivity contribution in [2.75, 3.05) is 13.2 Å². The Morgan fingerprint density at radius 3 is 1.77 bits per heavy atom. The minimum Gasteiger partial charge on any atom is -0.462 e. The summed E-state index contributed by atoms with van der Waals surface area (Å²) in [5, 5.41) is 10.2. The first-order valence-corrected chi connectivity index (χ1v) is 8.18. The van der Waals surface area contributed by atoms with Crippen molar-refractivity contribution >= 4 is 18.2 Å². The van der Waals surface area contributed by atoms with Gasteiger partial charge in [0.25, 0.3) is 0 Å². The van der Waals surface area contributed by atoms with E-state index >= 15 is 0 Å². The number of aliphatic hydroxyl groups excluding tert-OH is 1. The second-order valence-corrected chi connectivity index (χ2v) is 5.66. The number of hydrogen-bond donors (Lipinski definition) is 1. The van der Waals surface area contributed by atoms with Crippen molar-refractivity contribution in [1.29, 1.82) is 0 Å². The van der Waals surface area contributed by atoms with Gasteiger partial charge in [-0.25, -0.2) is 9.59 Å². The molecule has 2 aromatic rings. The van der Waals surface area contributed by atoms with E-state index in [4.69, 9.17) is 9.47 Å². The Kier molecular flexibility index (Phi) is 7.51. The number of rotatable bonds is 9. The molecular weight excluding hydrogens is 336 g/mol. The van der Waals surface area contributed by atoms with Crippen LogP contribution < -0.4 is 0 Å². The molecule has 0 heterocycles. The lowest BCUT2D eigenvalue weighted by Crippen LogP contribution is -2.31. The summed E-state index contributed by atoms with van der Waals surface area (Å²) in [4.78, 5) is 34.7. The molecule has 0 aliphatic heterocycles. The molecule has 0 aliphatic carbocycles. The minimum absolute atomic E-state index is 0.0217. The molecule has 0 bridgehead atoms. The van der Waals surface area contributed by atoms with Crippen LogP contribution in [0.4, 0.5) is 0 Å². The van der Waals surface area contributed by atoms with E-state index in [-0.39, 0.29) is 19.6 Å². The Balaban J connectivity index is 1.86. The summed E-state index contributed by atoms with van der Waals surface area (Å²) >= 11 is 0. The maximum absolute atomic E-state index is 11.9. The van der Waals surface area contributed by atoms with E-state index in [1.807, 2.05) is 0 Å². The molecule has 26 heavy (non-hydrogen) atoms. The maximum atomic E-state index is 11.9. The van der Waals surface area contributed by atoms with Gasteiger partial charge < -0.3 is 19.4 Å². The second-order valence-electron chi connectivity index (χ2n) is 5.66. The summed E-state index contributed by atoms with van der Waals surface area (Å²) in [7, 11) is 0. The standard InChI is InChI=1S/C20H20O6/c21-12-11-17(13-25-19(23)15-7-3-1-4-8-15)18(22)14-26-20(24)16-9-5-2-6-10-16/h1-10,12,17-18,22H,11,13-14H2/t17-,18+/m1/s1. The molecular formula is C20H20O6. The third-order valence-corrected chi connectivity index (χ3v) is 3.78. The van der Waals surface area contributed by atoms with E-state index in [9.17, 15) is 19.5 Å². The average Bonchev–Trinajstić information content (AvgIpc) is 2.70. The molecule has 0 aromatic heterocycles. The number of benzene rings is 2. The molecule has 2 aromatic carbocycles. The summed E-state index contributed by atoms with van der Waals surface area (Å²) in [6.07, 6.45) is -0.522. The molecule has 0 fully saturated rings. The van der Waals surface area contributed by atoms with Gasteiger partial charge in [-0.15, -0.1) is 0 Å². The van der Waals surface area contributed by atoms with Crippen molar-refractivity contribution in [3.05, 3.63) is 71.8 Å². The summed E-state index contributed by atoms with van der Waals surface area (Å²) < 4.78 is 10.2. The van der Waals surface area contributed by atoms with Crippen LogP contribution in [0.1, 0.15) is 27.1 Å². The van der Waals surface area contributed by atoms with Crippen molar-refractivity contribution < 1.29 is 29.0 Å². The Morgan fingerprint density at radius 2 is 1.31 bits per heavy atom. The SMILES string of the molecule is O=CC[C@H](COC(=O)c1ccccc1)[C@@H](O)COC(=O)c1ccccc1. The van der Waals surface area contributed by atoms with Gasteiger partial charge in [0, 0.05) is 12.3 Å². The number of carbonyl (C=O) groups excluding carboxylic acids is 3. The lowest BCUT2D eigenvalue weighted by Gasteiger charge is -2.20. The topological polar surface area (TPSA) is 89.9 Å². The highest BCUT2D eigenvalue weighted by atomic mass is 16.5. The number of aliphatic hydroxyl groups is 1. The van der Waals surface area contributed by atoms with Gasteiger partial charge in [0.15, 0.2) is 0 Å². The first-order valence-electron chi connectivity index (χ1n) is 8.18. The fourth-order valence-electron chi connectivity index (χ4n) is 2.25. The van der Waals surface area contributed by atoms with Gasteiger partial charge in [0.1, 0.15) is 12.9 Å². The third kappa shape index (κ3) is 5.82. The van der Waals surface area contributed by atoms with Gasteiger partial charge in [0.05, 0.1) is 23.8 Å². The van der Waals surface area contributed by atoms with Crippen molar-refractivity contribution in [3.63, 3.8) is 0 Å². The molecule has 0 saturated carbocycles. The highest BCUT2D eigenvalue weighted by Gasteiger charge is 2.23. The van der Waals surface area contributed by atoms with Gasteiger partial charge in [-0.3, -0.25) is 0 Å². The van der Waals surface area contributed by atoms with E-state index < -0.39 is 24.0 Å². The largest absolute Gasteiger partial charge is 0.462 e. The van der Waals surface area contributed by atoms with Gasteiger partial charge in [0.2, 0.25) is 0 Å². The molecule has 6 heteroatoms. The number of aldehydes is 1.